The number of carboxylic acids is 3. The van der Waals surface area contributed by atoms with Crippen molar-refractivity contribution in [2.45, 2.75) is 442 Å². The molecule has 0 saturated carbocycles. The molecule has 5 aliphatic rings. The lowest BCUT2D eigenvalue weighted by Gasteiger charge is -2.51. The molecule has 10 unspecified atom stereocenters. The van der Waals surface area contributed by atoms with Crippen molar-refractivity contribution in [3.05, 3.63) is 12.2 Å². The molecule has 5 saturated heterocycles. The number of hydrogen-bond donors (Lipinski definition) is 24. The highest BCUT2D eigenvalue weighted by atomic mass is 16.8. The molecule has 126 heavy (non-hydrogen) atoms. The zero-order valence-electron chi connectivity index (χ0n) is 73.6. The highest BCUT2D eigenvalue weighted by molar-refractivity contribution is 5.79. The molecule has 732 valence electrons. The van der Waals surface area contributed by atoms with E-state index >= 15 is 0 Å². The van der Waals surface area contributed by atoms with Crippen molar-refractivity contribution in [1.82, 2.24) is 21.3 Å². The normalized spacial score (nSPS) is 32.1. The van der Waals surface area contributed by atoms with Crippen LogP contribution in [0.2, 0.25) is 0 Å². The molecular weight excluding hydrogens is 1670 g/mol. The molecule has 0 bridgehead atoms. The van der Waals surface area contributed by atoms with Gasteiger partial charge in [0.1, 0.15) is 104 Å². The van der Waals surface area contributed by atoms with Crippen LogP contribution in [0.4, 0.5) is 0 Å². The lowest BCUT2D eigenvalue weighted by atomic mass is 9.86. The largest absolute Gasteiger partial charge is 0.477 e. The van der Waals surface area contributed by atoms with Crippen LogP contribution < -0.4 is 21.3 Å². The van der Waals surface area contributed by atoms with Crippen LogP contribution in [0, 0.1) is 0 Å². The number of hydrogen-bond acceptors (Lipinski definition) is 34. The van der Waals surface area contributed by atoms with Crippen molar-refractivity contribution in [2.24, 2.45) is 0 Å². The third-order valence-corrected chi connectivity index (χ3v) is 24.0. The number of carbonyl (C=O) groups is 7. The summed E-state index contributed by atoms with van der Waals surface area (Å²) in [5.74, 6) is -20.6. The lowest BCUT2D eigenvalue weighted by Crippen LogP contribution is -2.72. The molecule has 4 amide bonds. The van der Waals surface area contributed by atoms with Gasteiger partial charge in [0, 0.05) is 46.5 Å². The molecule has 41 heteroatoms. The van der Waals surface area contributed by atoms with Crippen molar-refractivity contribution < 1.29 is 183 Å². The second-order valence-electron chi connectivity index (χ2n) is 34.3. The van der Waals surface area contributed by atoms with E-state index in [0.717, 1.165) is 85.0 Å². The zero-order chi connectivity index (χ0) is 93.4. The molecule has 0 aromatic carbocycles. The fraction of sp³-hybridized carbons (Fsp3) is 0.894. The molecule has 24 N–H and O–H groups in total. The van der Waals surface area contributed by atoms with Gasteiger partial charge in [-0.15, -0.1) is 0 Å². The fourth-order valence-corrected chi connectivity index (χ4v) is 16.8. The molecule has 30 atom stereocenters. The van der Waals surface area contributed by atoms with Gasteiger partial charge >= 0.3 is 17.9 Å². The monoisotopic (exact) mass is 1820 g/mol. The van der Waals surface area contributed by atoms with Crippen LogP contribution >= 0.6 is 0 Å². The number of aliphatic carboxylic acids is 3. The van der Waals surface area contributed by atoms with E-state index in [-0.39, 0.29) is 6.42 Å². The predicted octanol–water partition coefficient (Wildman–Crippen LogP) is -0.927. The Labute approximate surface area is 736 Å². The van der Waals surface area contributed by atoms with Crippen molar-refractivity contribution in [1.29, 1.82) is 0 Å². The third kappa shape index (κ3) is 33.9. The number of unbranched alkanes of at least 4 members (excludes halogenated alkanes) is 29. The van der Waals surface area contributed by atoms with Crippen molar-refractivity contribution in [2.75, 3.05) is 39.6 Å². The van der Waals surface area contributed by atoms with E-state index in [2.05, 4.69) is 35.1 Å². The first kappa shape index (κ1) is 111. The molecular formula is C85H150N4O37. The molecule has 5 aliphatic heterocycles. The van der Waals surface area contributed by atoms with Crippen LogP contribution in [0.3, 0.4) is 0 Å². The standard InChI is InChI=1S/C85H150N4O37/c1-6-8-10-12-14-16-18-20-21-22-23-24-25-27-29-31-33-35-37-39-62(103)89-52(53(98)38-36-34-32-30-28-26-19-17-15-13-11-9-7-2)48-117-78-71(109)70(108)73(61(47-94)119-78)120-79-72(110)77(67(105)58(44-91)118-79)126-85(82(115)116)42-56(101)65(88-51(5)97)76(125-85)69(107)60(46-93)122-84(81(113)114)41-55(100)64(87-50(4)96)75(124-84)68(106)59(45-92)121-83(80(111)112)40-54(99)63(86-49(3)95)74(123-83)66(104)57(102)43-90/h36,38,52-61,63-79,90-94,98-102,104-110H,6-35,37,39-48H2,1-5H3,(H,86,95)(H,87,96)(H,88,97)(H,89,103)(H,111,112)(H,113,114)(H,115,116)/b38-36+/t52-,53+,54?,55?,56?,57+,58?,59+,60+,61?,63+,64+,65+,66+,67-,68+,69+,70+,71?,72?,73+,74?,75?,76?,77-,78+,79-,83+,84+,85-/m0/s1. The smallest absolute Gasteiger partial charge is 0.364 e. The Morgan fingerprint density at radius 1 is 0.429 bits per heavy atom. The summed E-state index contributed by atoms with van der Waals surface area (Å²) in [7, 11) is 0. The van der Waals surface area contributed by atoms with Gasteiger partial charge in [-0.2, -0.15) is 0 Å². The summed E-state index contributed by atoms with van der Waals surface area (Å²) >= 11 is 0. The van der Waals surface area contributed by atoms with Crippen molar-refractivity contribution in [3.8, 4) is 0 Å². The summed E-state index contributed by atoms with van der Waals surface area (Å²) in [5, 5.41) is 235. The average Bonchev–Trinajstić information content (AvgIpc) is 0.755. The number of amides is 4. The van der Waals surface area contributed by atoms with E-state index in [1.54, 1.807) is 6.08 Å². The van der Waals surface area contributed by atoms with Crippen molar-refractivity contribution >= 4 is 41.5 Å². The maximum atomic E-state index is 13.8. The number of allylic oxidation sites excluding steroid dienone is 1. The van der Waals surface area contributed by atoms with Gasteiger partial charge in [0.15, 0.2) is 12.6 Å². The van der Waals surface area contributed by atoms with Crippen LogP contribution in [0.5, 0.6) is 0 Å². The van der Waals surface area contributed by atoms with Gasteiger partial charge < -0.3 is 171 Å². The summed E-state index contributed by atoms with van der Waals surface area (Å²) in [6, 6.07) is -7.03. The average molecular weight is 1820 g/mol. The number of carbonyl (C=O) groups excluding carboxylic acids is 4. The maximum Gasteiger partial charge on any atom is 0.364 e. The van der Waals surface area contributed by atoms with Gasteiger partial charge in [-0.25, -0.2) is 14.4 Å². The van der Waals surface area contributed by atoms with Crippen LogP contribution in [-0.2, 0) is 80.9 Å². The molecule has 0 spiro atoms. The summed E-state index contributed by atoms with van der Waals surface area (Å²) in [4.78, 5) is 92.2. The molecule has 5 rings (SSSR count). The highest BCUT2D eigenvalue weighted by Crippen LogP contribution is 2.43. The lowest BCUT2D eigenvalue weighted by molar-refractivity contribution is -0.388. The number of aliphatic hydroxyl groups is 17. The van der Waals surface area contributed by atoms with Crippen LogP contribution in [-0.4, -0.2) is 366 Å². The van der Waals surface area contributed by atoms with E-state index in [9.17, 15) is 136 Å². The molecule has 0 aromatic rings. The number of nitrogens with one attached hydrogen (secondary N) is 4. The Kier molecular flexibility index (Phi) is 50.8. The first-order chi connectivity index (χ1) is 60.0. The number of ether oxygens (including phenoxy) is 10. The first-order valence-electron chi connectivity index (χ1n) is 45.3. The van der Waals surface area contributed by atoms with Crippen LogP contribution in [0.15, 0.2) is 12.2 Å². The Morgan fingerprint density at radius 3 is 1.17 bits per heavy atom. The summed E-state index contributed by atoms with van der Waals surface area (Å²) in [6.07, 6.45) is -17.0. The molecule has 0 aromatic heterocycles. The molecule has 0 aliphatic carbocycles. The number of rotatable bonds is 63. The predicted molar refractivity (Wildman–Crippen MR) is 443 cm³/mol. The van der Waals surface area contributed by atoms with Crippen molar-refractivity contribution in [3.63, 3.8) is 0 Å². The Balaban J connectivity index is 1.33. The van der Waals surface area contributed by atoms with Gasteiger partial charge in [-0.1, -0.05) is 206 Å². The summed E-state index contributed by atoms with van der Waals surface area (Å²) in [6.45, 7) is -0.0554. The van der Waals surface area contributed by atoms with E-state index in [4.69, 9.17) is 47.4 Å². The minimum absolute atomic E-state index is 0.123. The molecule has 5 heterocycles. The van der Waals surface area contributed by atoms with Gasteiger partial charge in [0.2, 0.25) is 23.6 Å². The van der Waals surface area contributed by atoms with E-state index < -0.39 is 283 Å². The van der Waals surface area contributed by atoms with E-state index in [0.29, 0.717) is 12.8 Å². The van der Waals surface area contributed by atoms with Gasteiger partial charge in [0.25, 0.3) is 17.4 Å². The topological polar surface area (TPSA) is 665 Å². The van der Waals surface area contributed by atoms with E-state index in [1.165, 1.54) is 128 Å². The number of carboxylic acid groups (broad SMARTS) is 3. The third-order valence-electron chi connectivity index (χ3n) is 24.0. The zero-order valence-corrected chi connectivity index (χ0v) is 73.6. The van der Waals surface area contributed by atoms with E-state index in [1.807, 2.05) is 0 Å². The minimum Gasteiger partial charge on any atom is -0.477 e. The first-order valence-corrected chi connectivity index (χ1v) is 45.3. The van der Waals surface area contributed by atoms with Gasteiger partial charge in [0.05, 0.1) is 88.2 Å². The summed E-state index contributed by atoms with van der Waals surface area (Å²) < 4.78 is 58.3. The highest BCUT2D eigenvalue weighted by Gasteiger charge is 2.64. The Bertz CT molecular complexity index is 3180. The fourth-order valence-electron chi connectivity index (χ4n) is 16.8. The second kappa shape index (κ2) is 57.4. The molecule has 5 fully saturated rings. The Hall–Kier alpha value is -5.05. The van der Waals surface area contributed by atoms with Gasteiger partial charge in [-0.3, -0.25) is 19.2 Å². The number of aliphatic hydroxyl groups excluding tert-OH is 17. The van der Waals surface area contributed by atoms with Crippen LogP contribution in [0.1, 0.15) is 259 Å². The Morgan fingerprint density at radius 2 is 0.794 bits per heavy atom. The quantitative estimate of drug-likeness (QED) is 0.0258. The maximum absolute atomic E-state index is 13.8. The SMILES string of the molecule is CCCCCCCCCCCCC/C=C/[C@@H](O)[C@H](CO[C@@H]1OC(CO)[C@@H](O[C@@H]2OC(CO)[C@H](O)[C@H](O[C@]3(C(=O)O)CC(O)[C@@H](NC(C)=O)C([C@H](O)[C@@H](CO)O[C@]4(C(=O)O)CC(O)[C@@H](NC(C)=O)C([C@H](O)[C@@H](CO)O[C@]5(C(=O)O)CC(O)[C@@H](NC(C)=O)C([C@H](O)[C@H](O)CO)O5)O4)O3)C2O)[C@H](O)C1O)NC(=O)CCCCCCCCCCCCCCCCCCCCC. The van der Waals surface area contributed by atoms with Gasteiger partial charge in [-0.05, 0) is 19.3 Å². The minimum atomic E-state index is -3.58. The second-order valence-corrected chi connectivity index (χ2v) is 34.3. The molecule has 0 radical (unpaired) electrons. The summed E-state index contributed by atoms with van der Waals surface area (Å²) in [5.41, 5.74) is 0. The van der Waals surface area contributed by atoms with Crippen LogP contribution in [0.25, 0.3) is 0 Å². The molecule has 41 nitrogen and oxygen atoms in total.